The van der Waals surface area contributed by atoms with Crippen LogP contribution in [-0.2, 0) is 0 Å². The van der Waals surface area contributed by atoms with Gasteiger partial charge in [0.15, 0.2) is 0 Å². The largest absolute Gasteiger partial charge is 0.372 e. The van der Waals surface area contributed by atoms with Crippen molar-refractivity contribution in [3.8, 4) is 0 Å². The first kappa shape index (κ1) is 9.21. The fourth-order valence-electron chi connectivity index (χ4n) is 0.620. The Hall–Kier alpha value is -0.790. The third kappa shape index (κ3) is 2.67. The van der Waals surface area contributed by atoms with Crippen LogP contribution in [0.2, 0.25) is 0 Å². The highest BCUT2D eigenvalue weighted by Gasteiger charge is 2.01. The summed E-state index contributed by atoms with van der Waals surface area (Å²) in [6.07, 6.45) is 1.81. The van der Waals surface area contributed by atoms with Crippen molar-refractivity contribution in [2.75, 3.05) is 20.1 Å². The summed E-state index contributed by atoms with van der Waals surface area (Å²) in [5.41, 5.74) is 1.01. The van der Waals surface area contributed by atoms with Gasteiger partial charge in [-0.05, 0) is 0 Å². The normalized spacial score (nSPS) is 16.3. The minimum Gasteiger partial charge on any atom is -0.372 e. The van der Waals surface area contributed by atoms with E-state index in [1.807, 2.05) is 27.1 Å². The van der Waals surface area contributed by atoms with E-state index in [-0.39, 0.29) is 0 Å². The van der Waals surface area contributed by atoms with Crippen LogP contribution in [0.3, 0.4) is 0 Å². The van der Waals surface area contributed by atoms with Crippen molar-refractivity contribution in [2.45, 2.75) is 13.8 Å². The summed E-state index contributed by atoms with van der Waals surface area (Å²) in [4.78, 5) is 6.13. The summed E-state index contributed by atoms with van der Waals surface area (Å²) < 4.78 is 0. The van der Waals surface area contributed by atoms with E-state index in [0.717, 1.165) is 18.8 Å². The Morgan fingerprint density at radius 3 is 2.50 bits per heavy atom. The van der Waals surface area contributed by atoms with Crippen LogP contribution in [0.1, 0.15) is 13.8 Å². The summed E-state index contributed by atoms with van der Waals surface area (Å²) in [6.45, 7) is 9.69. The van der Waals surface area contributed by atoms with Crippen molar-refractivity contribution in [1.29, 1.82) is 0 Å². The number of allylic oxidation sites excluding steroid dienone is 1. The van der Waals surface area contributed by atoms with Gasteiger partial charge in [-0.15, -0.1) is 0 Å². The standard InChI is InChI=1S/C6H10N2.C2H6/c1-6-5-7-3-4-8(6)2;1-2/h5H,1,3-4H2,2H3;1-2H3. The Labute approximate surface area is 63.3 Å². The molecule has 2 nitrogen and oxygen atoms in total. The smallest absolute Gasteiger partial charge is 0.0565 e. The predicted octanol–water partition coefficient (Wildman–Crippen LogP) is 1.54. The molecule has 0 amide bonds. The molecule has 1 rings (SSSR count). The van der Waals surface area contributed by atoms with Crippen LogP contribution in [-0.4, -0.2) is 31.3 Å². The Kier molecular flexibility index (Phi) is 4.63. The van der Waals surface area contributed by atoms with Gasteiger partial charge >= 0.3 is 0 Å². The molecule has 0 atom stereocenters. The van der Waals surface area contributed by atoms with Gasteiger partial charge in [0, 0.05) is 25.5 Å². The monoisotopic (exact) mass is 140 g/mol. The molecule has 0 radical (unpaired) electrons. The topological polar surface area (TPSA) is 15.6 Å². The second kappa shape index (κ2) is 5.03. The van der Waals surface area contributed by atoms with Crippen molar-refractivity contribution in [3.63, 3.8) is 0 Å². The van der Waals surface area contributed by atoms with Gasteiger partial charge in [-0.1, -0.05) is 20.4 Å². The van der Waals surface area contributed by atoms with Crippen LogP contribution in [0, 0.1) is 0 Å². The van der Waals surface area contributed by atoms with Crippen molar-refractivity contribution >= 4 is 6.21 Å². The van der Waals surface area contributed by atoms with Gasteiger partial charge in [0.2, 0.25) is 0 Å². The highest BCUT2D eigenvalue weighted by atomic mass is 15.1. The summed E-state index contributed by atoms with van der Waals surface area (Å²) in [6, 6.07) is 0. The third-order valence-electron chi connectivity index (χ3n) is 1.30. The Bertz CT molecular complexity index is 127. The van der Waals surface area contributed by atoms with Crippen LogP contribution in [0.15, 0.2) is 17.3 Å². The SMILES string of the molecule is C=C1C=NCCN1C.CC. The minimum atomic E-state index is 0.912. The molecule has 1 aliphatic heterocycles. The molecule has 0 saturated carbocycles. The number of nitrogens with zero attached hydrogens (tertiary/aromatic N) is 2. The summed E-state index contributed by atoms with van der Waals surface area (Å²) in [7, 11) is 2.02. The van der Waals surface area contributed by atoms with Gasteiger partial charge in [-0.2, -0.15) is 0 Å². The first-order chi connectivity index (χ1) is 4.80. The molecule has 0 aliphatic carbocycles. The van der Waals surface area contributed by atoms with Gasteiger partial charge in [0.1, 0.15) is 0 Å². The number of rotatable bonds is 0. The van der Waals surface area contributed by atoms with E-state index in [2.05, 4.69) is 16.5 Å². The van der Waals surface area contributed by atoms with Gasteiger partial charge in [-0.3, -0.25) is 4.99 Å². The van der Waals surface area contributed by atoms with Crippen LogP contribution in [0.25, 0.3) is 0 Å². The maximum absolute atomic E-state index is 4.04. The lowest BCUT2D eigenvalue weighted by Crippen LogP contribution is -2.24. The number of aliphatic imine (C=N–C) groups is 1. The molecule has 0 spiro atoms. The maximum Gasteiger partial charge on any atom is 0.0565 e. The summed E-state index contributed by atoms with van der Waals surface area (Å²) >= 11 is 0. The Morgan fingerprint density at radius 2 is 2.20 bits per heavy atom. The Balaban J connectivity index is 0.000000371. The quantitative estimate of drug-likeness (QED) is 0.498. The lowest BCUT2D eigenvalue weighted by molar-refractivity contribution is 0.442. The molecule has 0 fully saturated rings. The molecule has 0 N–H and O–H groups in total. The van der Waals surface area contributed by atoms with Crippen molar-refractivity contribution in [2.24, 2.45) is 4.99 Å². The van der Waals surface area contributed by atoms with E-state index < -0.39 is 0 Å². The van der Waals surface area contributed by atoms with E-state index >= 15 is 0 Å². The van der Waals surface area contributed by atoms with E-state index in [1.54, 1.807) is 0 Å². The zero-order valence-corrected chi connectivity index (χ0v) is 7.09. The second-order valence-corrected chi connectivity index (χ2v) is 1.95. The molecule has 0 unspecified atom stereocenters. The number of hydrogen-bond acceptors (Lipinski definition) is 2. The molecule has 0 bridgehead atoms. The molecule has 1 aliphatic rings. The van der Waals surface area contributed by atoms with Gasteiger partial charge in [-0.25, -0.2) is 0 Å². The van der Waals surface area contributed by atoms with Crippen molar-refractivity contribution in [1.82, 2.24) is 4.90 Å². The molecule has 58 valence electrons. The zero-order chi connectivity index (χ0) is 7.98. The summed E-state index contributed by atoms with van der Waals surface area (Å²) in [5.74, 6) is 0. The predicted molar refractivity (Wildman–Crippen MR) is 46.5 cm³/mol. The fraction of sp³-hybridized carbons (Fsp3) is 0.625. The Morgan fingerprint density at radius 1 is 1.60 bits per heavy atom. The third-order valence-corrected chi connectivity index (χ3v) is 1.30. The van der Waals surface area contributed by atoms with Crippen molar-refractivity contribution < 1.29 is 0 Å². The van der Waals surface area contributed by atoms with Crippen LogP contribution >= 0.6 is 0 Å². The molecule has 0 aromatic carbocycles. The molecule has 0 aromatic rings. The molecular formula is C8H16N2. The zero-order valence-electron chi connectivity index (χ0n) is 7.09. The second-order valence-electron chi connectivity index (χ2n) is 1.95. The molecule has 2 heteroatoms. The molecule has 1 heterocycles. The van der Waals surface area contributed by atoms with E-state index in [0.29, 0.717) is 0 Å². The lowest BCUT2D eigenvalue weighted by Gasteiger charge is -2.20. The highest BCUT2D eigenvalue weighted by Crippen LogP contribution is 1.98. The van der Waals surface area contributed by atoms with Crippen LogP contribution < -0.4 is 0 Å². The van der Waals surface area contributed by atoms with Gasteiger partial charge < -0.3 is 4.90 Å². The average Bonchev–Trinajstić information content (AvgIpc) is 2.00. The van der Waals surface area contributed by atoms with E-state index in [1.165, 1.54) is 0 Å². The summed E-state index contributed by atoms with van der Waals surface area (Å²) in [5, 5.41) is 0. The minimum absolute atomic E-state index is 0.912. The van der Waals surface area contributed by atoms with Crippen LogP contribution in [0.5, 0.6) is 0 Å². The average molecular weight is 140 g/mol. The van der Waals surface area contributed by atoms with Gasteiger partial charge in [0.25, 0.3) is 0 Å². The van der Waals surface area contributed by atoms with Gasteiger partial charge in [0.05, 0.1) is 6.54 Å². The van der Waals surface area contributed by atoms with E-state index in [4.69, 9.17) is 0 Å². The fourth-order valence-corrected chi connectivity index (χ4v) is 0.620. The molecule has 10 heavy (non-hydrogen) atoms. The van der Waals surface area contributed by atoms with Crippen LogP contribution in [0.4, 0.5) is 0 Å². The molecule has 0 saturated heterocycles. The first-order valence-electron chi connectivity index (χ1n) is 3.70. The van der Waals surface area contributed by atoms with E-state index in [9.17, 15) is 0 Å². The number of likely N-dealkylation sites (N-methyl/N-ethyl adjacent to an activating group) is 1. The number of hydrogen-bond donors (Lipinski definition) is 0. The molecule has 0 aromatic heterocycles. The maximum atomic E-state index is 4.04. The molecular weight excluding hydrogens is 124 g/mol. The first-order valence-corrected chi connectivity index (χ1v) is 3.70. The van der Waals surface area contributed by atoms with Crippen molar-refractivity contribution in [3.05, 3.63) is 12.3 Å². The highest BCUT2D eigenvalue weighted by molar-refractivity contribution is 5.77. The lowest BCUT2D eigenvalue weighted by atomic mass is 10.4.